The van der Waals surface area contributed by atoms with Gasteiger partial charge in [0.05, 0.1) is 18.2 Å². The fourth-order valence-corrected chi connectivity index (χ4v) is 1.68. The molecule has 1 amide bonds. The standard InChI is InChI=1S/C12H19N5O2/c1-3-4-10(11(13)17-19)12(18)15-7-9-5-6-14-8(2)16-9/h5-6,10,19H,3-4,7H2,1-2H3,(H2,13,17)(H,15,18). The zero-order chi connectivity index (χ0) is 14.3. The van der Waals surface area contributed by atoms with Gasteiger partial charge in [-0.1, -0.05) is 18.5 Å². The molecular formula is C12H19N5O2. The lowest BCUT2D eigenvalue weighted by molar-refractivity contribution is -0.123. The smallest absolute Gasteiger partial charge is 0.231 e. The molecule has 1 aromatic heterocycles. The molecule has 0 aliphatic rings. The van der Waals surface area contributed by atoms with Gasteiger partial charge < -0.3 is 16.3 Å². The van der Waals surface area contributed by atoms with E-state index in [4.69, 9.17) is 10.9 Å². The van der Waals surface area contributed by atoms with Crippen LogP contribution in [0.5, 0.6) is 0 Å². The van der Waals surface area contributed by atoms with E-state index in [0.717, 1.165) is 12.1 Å². The lowest BCUT2D eigenvalue weighted by Crippen LogP contribution is -2.38. The van der Waals surface area contributed by atoms with E-state index in [-0.39, 0.29) is 11.7 Å². The first-order chi connectivity index (χ1) is 9.08. The minimum Gasteiger partial charge on any atom is -0.409 e. The Hall–Kier alpha value is -2.18. The molecular weight excluding hydrogens is 246 g/mol. The van der Waals surface area contributed by atoms with E-state index in [9.17, 15) is 4.79 Å². The van der Waals surface area contributed by atoms with Gasteiger partial charge in [-0.2, -0.15) is 0 Å². The van der Waals surface area contributed by atoms with Crippen molar-refractivity contribution < 1.29 is 10.0 Å². The van der Waals surface area contributed by atoms with E-state index < -0.39 is 5.92 Å². The van der Waals surface area contributed by atoms with Crippen LogP contribution in [0.3, 0.4) is 0 Å². The third-order valence-corrected chi connectivity index (χ3v) is 2.64. The number of oxime groups is 1. The van der Waals surface area contributed by atoms with Gasteiger partial charge in [0.1, 0.15) is 5.82 Å². The third-order valence-electron chi connectivity index (χ3n) is 2.64. The van der Waals surface area contributed by atoms with Crippen molar-refractivity contribution in [2.45, 2.75) is 33.2 Å². The lowest BCUT2D eigenvalue weighted by Gasteiger charge is -2.14. The maximum absolute atomic E-state index is 12.0. The van der Waals surface area contributed by atoms with Crippen molar-refractivity contribution in [3.05, 3.63) is 23.8 Å². The van der Waals surface area contributed by atoms with Crippen LogP contribution in [0, 0.1) is 12.8 Å². The summed E-state index contributed by atoms with van der Waals surface area (Å²) in [5.41, 5.74) is 6.23. The number of hydrogen-bond donors (Lipinski definition) is 3. The monoisotopic (exact) mass is 265 g/mol. The zero-order valence-corrected chi connectivity index (χ0v) is 11.1. The first kappa shape index (κ1) is 14.9. The molecule has 1 rings (SSSR count). The van der Waals surface area contributed by atoms with Gasteiger partial charge in [-0.3, -0.25) is 4.79 Å². The van der Waals surface area contributed by atoms with Crippen LogP contribution in [0.25, 0.3) is 0 Å². The number of amides is 1. The molecule has 104 valence electrons. The number of carbonyl (C=O) groups excluding carboxylic acids is 1. The van der Waals surface area contributed by atoms with Crippen molar-refractivity contribution in [2.24, 2.45) is 16.8 Å². The molecule has 1 unspecified atom stereocenters. The highest BCUT2D eigenvalue weighted by Gasteiger charge is 2.21. The topological polar surface area (TPSA) is 113 Å². The molecule has 7 heteroatoms. The van der Waals surface area contributed by atoms with Gasteiger partial charge in [0.15, 0.2) is 5.84 Å². The fraction of sp³-hybridized carbons (Fsp3) is 0.500. The Balaban J connectivity index is 2.62. The molecule has 1 aromatic rings. The summed E-state index contributed by atoms with van der Waals surface area (Å²) in [5.74, 6) is -0.308. The minimum atomic E-state index is -0.613. The van der Waals surface area contributed by atoms with Gasteiger partial charge >= 0.3 is 0 Å². The Kier molecular flexibility index (Phi) is 5.72. The van der Waals surface area contributed by atoms with Crippen LogP contribution in [-0.4, -0.2) is 26.9 Å². The molecule has 0 radical (unpaired) electrons. The summed E-state index contributed by atoms with van der Waals surface area (Å²) in [6.07, 6.45) is 2.93. The highest BCUT2D eigenvalue weighted by Crippen LogP contribution is 2.07. The summed E-state index contributed by atoms with van der Waals surface area (Å²) in [6.45, 7) is 4.00. The van der Waals surface area contributed by atoms with Crippen molar-refractivity contribution in [1.29, 1.82) is 0 Å². The van der Waals surface area contributed by atoms with Crippen molar-refractivity contribution in [2.75, 3.05) is 0 Å². The van der Waals surface area contributed by atoms with E-state index >= 15 is 0 Å². The highest BCUT2D eigenvalue weighted by molar-refractivity contribution is 6.01. The lowest BCUT2D eigenvalue weighted by atomic mass is 10.0. The Morgan fingerprint density at radius 1 is 1.63 bits per heavy atom. The summed E-state index contributed by atoms with van der Waals surface area (Å²) >= 11 is 0. The normalized spacial score (nSPS) is 13.1. The molecule has 1 atom stereocenters. The molecule has 0 bridgehead atoms. The first-order valence-corrected chi connectivity index (χ1v) is 6.12. The molecule has 0 saturated heterocycles. The van der Waals surface area contributed by atoms with E-state index in [1.807, 2.05) is 6.92 Å². The zero-order valence-electron chi connectivity index (χ0n) is 11.1. The summed E-state index contributed by atoms with van der Waals surface area (Å²) in [5, 5.41) is 14.3. The average molecular weight is 265 g/mol. The second kappa shape index (κ2) is 7.30. The van der Waals surface area contributed by atoms with E-state index in [1.165, 1.54) is 0 Å². The average Bonchev–Trinajstić information content (AvgIpc) is 2.41. The summed E-state index contributed by atoms with van der Waals surface area (Å²) in [7, 11) is 0. The highest BCUT2D eigenvalue weighted by atomic mass is 16.4. The largest absolute Gasteiger partial charge is 0.409 e. The van der Waals surface area contributed by atoms with Gasteiger partial charge in [0, 0.05) is 6.20 Å². The van der Waals surface area contributed by atoms with Gasteiger partial charge in [0.2, 0.25) is 5.91 Å². The molecule has 4 N–H and O–H groups in total. The maximum atomic E-state index is 12.0. The van der Waals surface area contributed by atoms with Gasteiger partial charge in [-0.05, 0) is 19.4 Å². The van der Waals surface area contributed by atoms with Crippen LogP contribution in [0.2, 0.25) is 0 Å². The van der Waals surface area contributed by atoms with Gasteiger partial charge in [-0.15, -0.1) is 0 Å². The van der Waals surface area contributed by atoms with Gasteiger partial charge in [-0.25, -0.2) is 9.97 Å². The number of nitrogens with one attached hydrogen (secondary N) is 1. The first-order valence-electron chi connectivity index (χ1n) is 6.12. The summed E-state index contributed by atoms with van der Waals surface area (Å²) in [6, 6.07) is 1.73. The molecule has 0 spiro atoms. The molecule has 7 nitrogen and oxygen atoms in total. The van der Waals surface area contributed by atoms with Gasteiger partial charge in [0.25, 0.3) is 0 Å². The number of aryl methyl sites for hydroxylation is 1. The summed E-state index contributed by atoms with van der Waals surface area (Å²) in [4.78, 5) is 20.1. The number of amidine groups is 1. The SMILES string of the molecule is CCCC(C(=O)NCc1ccnc(C)n1)C(N)=NO. The maximum Gasteiger partial charge on any atom is 0.231 e. The quantitative estimate of drug-likeness (QED) is 0.301. The van der Waals surface area contributed by atoms with Crippen molar-refractivity contribution in [3.63, 3.8) is 0 Å². The number of rotatable bonds is 6. The van der Waals surface area contributed by atoms with Crippen molar-refractivity contribution >= 4 is 11.7 Å². The van der Waals surface area contributed by atoms with E-state index in [0.29, 0.717) is 18.8 Å². The predicted molar refractivity (Wildman–Crippen MR) is 70.4 cm³/mol. The van der Waals surface area contributed by atoms with Crippen LogP contribution >= 0.6 is 0 Å². The molecule has 19 heavy (non-hydrogen) atoms. The fourth-order valence-electron chi connectivity index (χ4n) is 1.68. The van der Waals surface area contributed by atoms with Crippen LogP contribution in [-0.2, 0) is 11.3 Å². The Morgan fingerprint density at radius 2 is 2.37 bits per heavy atom. The predicted octanol–water partition coefficient (Wildman–Crippen LogP) is 0.564. The number of nitrogens with two attached hydrogens (primary N) is 1. The van der Waals surface area contributed by atoms with E-state index in [1.54, 1.807) is 19.2 Å². The van der Waals surface area contributed by atoms with E-state index in [2.05, 4.69) is 20.4 Å². The molecule has 0 fully saturated rings. The molecule has 0 saturated carbocycles. The van der Waals surface area contributed by atoms with Crippen molar-refractivity contribution in [1.82, 2.24) is 15.3 Å². The van der Waals surface area contributed by atoms with Crippen LogP contribution in [0.15, 0.2) is 17.4 Å². The number of nitrogens with zero attached hydrogens (tertiary/aromatic N) is 3. The van der Waals surface area contributed by atoms with Crippen LogP contribution < -0.4 is 11.1 Å². The van der Waals surface area contributed by atoms with Crippen molar-refractivity contribution in [3.8, 4) is 0 Å². The number of carbonyl (C=O) groups is 1. The Labute approximate surface area is 111 Å². The second-order valence-electron chi connectivity index (χ2n) is 4.18. The minimum absolute atomic E-state index is 0.0711. The van der Waals surface area contributed by atoms with Crippen LogP contribution in [0.1, 0.15) is 31.3 Å². The number of hydrogen-bond acceptors (Lipinski definition) is 5. The summed E-state index contributed by atoms with van der Waals surface area (Å²) < 4.78 is 0. The molecule has 1 heterocycles. The Bertz CT molecular complexity index is 461. The Morgan fingerprint density at radius 3 is 2.95 bits per heavy atom. The second-order valence-corrected chi connectivity index (χ2v) is 4.18. The molecule has 0 aliphatic carbocycles. The molecule has 0 aromatic carbocycles. The number of aromatic nitrogens is 2. The molecule has 0 aliphatic heterocycles. The van der Waals surface area contributed by atoms with Crippen LogP contribution in [0.4, 0.5) is 0 Å². The third kappa shape index (κ3) is 4.53.